The standard InChI is InChI=1S/C17H22ClN3/c1-19-17(15-4-3-5-16(18)12-15)8-11-21(2)13-14-6-9-20-10-7-14/h3-7,9-10,12,17,19H,8,11,13H2,1-2H3. The van der Waals surface area contributed by atoms with Crippen LogP contribution >= 0.6 is 11.6 Å². The molecule has 1 N–H and O–H groups in total. The number of pyridine rings is 1. The number of hydrogen-bond donors (Lipinski definition) is 1. The highest BCUT2D eigenvalue weighted by atomic mass is 35.5. The molecule has 1 heterocycles. The number of benzene rings is 1. The second-order valence-corrected chi connectivity index (χ2v) is 5.71. The fourth-order valence-electron chi connectivity index (χ4n) is 2.43. The van der Waals surface area contributed by atoms with E-state index in [1.807, 2.05) is 37.6 Å². The van der Waals surface area contributed by atoms with Crippen molar-refractivity contribution < 1.29 is 0 Å². The minimum Gasteiger partial charge on any atom is -0.313 e. The molecule has 2 aromatic rings. The van der Waals surface area contributed by atoms with E-state index in [0.29, 0.717) is 6.04 Å². The van der Waals surface area contributed by atoms with Gasteiger partial charge in [-0.05, 0) is 62.5 Å². The molecule has 112 valence electrons. The lowest BCUT2D eigenvalue weighted by Crippen LogP contribution is -2.25. The van der Waals surface area contributed by atoms with E-state index in [-0.39, 0.29) is 0 Å². The molecule has 0 bridgehead atoms. The zero-order valence-corrected chi connectivity index (χ0v) is 13.3. The van der Waals surface area contributed by atoms with Gasteiger partial charge in [-0.15, -0.1) is 0 Å². The second kappa shape index (κ2) is 8.13. The first-order valence-corrected chi connectivity index (χ1v) is 7.57. The predicted octanol–water partition coefficient (Wildman–Crippen LogP) is 3.52. The second-order valence-electron chi connectivity index (χ2n) is 5.28. The first kappa shape index (κ1) is 16.0. The largest absolute Gasteiger partial charge is 0.313 e. The zero-order chi connectivity index (χ0) is 15.1. The Bertz CT molecular complexity index is 545. The minimum absolute atomic E-state index is 0.323. The Kier molecular flexibility index (Phi) is 6.18. The van der Waals surface area contributed by atoms with Crippen LogP contribution in [0.15, 0.2) is 48.8 Å². The molecule has 3 nitrogen and oxygen atoms in total. The van der Waals surface area contributed by atoms with Gasteiger partial charge in [0.25, 0.3) is 0 Å². The average Bonchev–Trinajstić information content (AvgIpc) is 2.49. The Balaban J connectivity index is 1.88. The van der Waals surface area contributed by atoms with Crippen LogP contribution in [-0.2, 0) is 6.54 Å². The summed E-state index contributed by atoms with van der Waals surface area (Å²) in [7, 11) is 4.14. The van der Waals surface area contributed by atoms with Gasteiger partial charge in [-0.1, -0.05) is 23.7 Å². The van der Waals surface area contributed by atoms with Crippen molar-refractivity contribution in [2.45, 2.75) is 19.0 Å². The molecule has 1 aromatic heterocycles. The van der Waals surface area contributed by atoms with E-state index in [0.717, 1.165) is 24.5 Å². The summed E-state index contributed by atoms with van der Waals surface area (Å²) < 4.78 is 0. The van der Waals surface area contributed by atoms with Crippen molar-refractivity contribution in [3.8, 4) is 0 Å². The summed E-state index contributed by atoms with van der Waals surface area (Å²) in [6, 6.07) is 12.5. The smallest absolute Gasteiger partial charge is 0.0409 e. The highest BCUT2D eigenvalue weighted by Gasteiger charge is 2.11. The number of halogens is 1. The molecule has 0 aliphatic rings. The van der Waals surface area contributed by atoms with Crippen molar-refractivity contribution in [2.24, 2.45) is 0 Å². The Labute approximate surface area is 132 Å². The molecular weight excluding hydrogens is 282 g/mol. The summed E-state index contributed by atoms with van der Waals surface area (Å²) in [4.78, 5) is 6.37. The Morgan fingerprint density at radius 1 is 1.24 bits per heavy atom. The molecule has 0 spiro atoms. The van der Waals surface area contributed by atoms with Crippen molar-refractivity contribution in [3.63, 3.8) is 0 Å². The van der Waals surface area contributed by atoms with Gasteiger partial charge >= 0.3 is 0 Å². The van der Waals surface area contributed by atoms with Gasteiger partial charge in [0, 0.05) is 30.0 Å². The molecular formula is C17H22ClN3. The Morgan fingerprint density at radius 2 is 2.00 bits per heavy atom. The summed E-state index contributed by atoms with van der Waals surface area (Å²) in [6.07, 6.45) is 4.72. The zero-order valence-electron chi connectivity index (χ0n) is 12.6. The van der Waals surface area contributed by atoms with E-state index in [4.69, 9.17) is 11.6 Å². The highest BCUT2D eigenvalue weighted by molar-refractivity contribution is 6.30. The van der Waals surface area contributed by atoms with Crippen LogP contribution in [0.1, 0.15) is 23.6 Å². The molecule has 0 amide bonds. The Morgan fingerprint density at radius 3 is 2.67 bits per heavy atom. The average molecular weight is 304 g/mol. The number of nitrogens with one attached hydrogen (secondary N) is 1. The molecule has 1 atom stereocenters. The van der Waals surface area contributed by atoms with Gasteiger partial charge in [-0.25, -0.2) is 0 Å². The third kappa shape index (κ3) is 5.12. The molecule has 4 heteroatoms. The highest BCUT2D eigenvalue weighted by Crippen LogP contribution is 2.20. The molecule has 0 fully saturated rings. The topological polar surface area (TPSA) is 28.2 Å². The van der Waals surface area contributed by atoms with Crippen LogP contribution in [0.2, 0.25) is 5.02 Å². The van der Waals surface area contributed by atoms with Crippen LogP contribution in [0.3, 0.4) is 0 Å². The molecule has 0 aliphatic heterocycles. The number of nitrogens with zero attached hydrogens (tertiary/aromatic N) is 2. The fraction of sp³-hybridized carbons (Fsp3) is 0.353. The first-order chi connectivity index (χ1) is 10.2. The van der Waals surface area contributed by atoms with Gasteiger partial charge < -0.3 is 10.2 Å². The summed E-state index contributed by atoms with van der Waals surface area (Å²) in [6.45, 7) is 1.95. The fourth-order valence-corrected chi connectivity index (χ4v) is 2.63. The van der Waals surface area contributed by atoms with E-state index in [9.17, 15) is 0 Å². The lowest BCUT2D eigenvalue weighted by molar-refractivity contribution is 0.304. The monoisotopic (exact) mass is 303 g/mol. The lowest BCUT2D eigenvalue weighted by atomic mass is 10.0. The third-order valence-corrected chi connectivity index (χ3v) is 3.84. The van der Waals surface area contributed by atoms with Gasteiger partial charge in [0.2, 0.25) is 0 Å². The maximum atomic E-state index is 6.07. The van der Waals surface area contributed by atoms with Crippen molar-refractivity contribution >= 4 is 11.6 Å². The van der Waals surface area contributed by atoms with E-state index >= 15 is 0 Å². The maximum absolute atomic E-state index is 6.07. The van der Waals surface area contributed by atoms with Crippen LogP contribution in [0, 0.1) is 0 Å². The molecule has 21 heavy (non-hydrogen) atoms. The van der Waals surface area contributed by atoms with Crippen molar-refractivity contribution in [1.29, 1.82) is 0 Å². The molecule has 0 saturated carbocycles. The van der Waals surface area contributed by atoms with E-state index in [1.54, 1.807) is 0 Å². The number of rotatable bonds is 7. The third-order valence-electron chi connectivity index (χ3n) is 3.60. The van der Waals surface area contributed by atoms with Gasteiger partial charge in [0.1, 0.15) is 0 Å². The lowest BCUT2D eigenvalue weighted by Gasteiger charge is -2.22. The molecule has 0 aliphatic carbocycles. The quantitative estimate of drug-likeness (QED) is 0.848. The summed E-state index contributed by atoms with van der Waals surface area (Å²) in [5, 5.41) is 4.16. The summed E-state index contributed by atoms with van der Waals surface area (Å²) >= 11 is 6.07. The van der Waals surface area contributed by atoms with E-state index in [1.165, 1.54) is 11.1 Å². The van der Waals surface area contributed by atoms with Gasteiger partial charge in [0.05, 0.1) is 0 Å². The van der Waals surface area contributed by atoms with E-state index in [2.05, 4.69) is 40.4 Å². The van der Waals surface area contributed by atoms with Crippen LogP contribution in [-0.4, -0.2) is 30.5 Å². The normalized spacial score (nSPS) is 12.6. The summed E-state index contributed by atoms with van der Waals surface area (Å²) in [5.41, 5.74) is 2.53. The Hall–Kier alpha value is -1.42. The molecule has 1 unspecified atom stereocenters. The number of aromatic nitrogens is 1. The molecule has 0 radical (unpaired) electrons. The number of hydrogen-bond acceptors (Lipinski definition) is 3. The maximum Gasteiger partial charge on any atom is 0.0409 e. The first-order valence-electron chi connectivity index (χ1n) is 7.19. The van der Waals surface area contributed by atoms with Crippen LogP contribution in [0.5, 0.6) is 0 Å². The van der Waals surface area contributed by atoms with Gasteiger partial charge in [-0.2, -0.15) is 0 Å². The van der Waals surface area contributed by atoms with Crippen LogP contribution in [0.25, 0.3) is 0 Å². The summed E-state index contributed by atoms with van der Waals surface area (Å²) in [5.74, 6) is 0. The van der Waals surface area contributed by atoms with Crippen molar-refractivity contribution in [2.75, 3.05) is 20.6 Å². The van der Waals surface area contributed by atoms with Crippen molar-refractivity contribution in [3.05, 3.63) is 64.9 Å². The van der Waals surface area contributed by atoms with E-state index < -0.39 is 0 Å². The van der Waals surface area contributed by atoms with Crippen molar-refractivity contribution in [1.82, 2.24) is 15.2 Å². The van der Waals surface area contributed by atoms with Crippen LogP contribution < -0.4 is 5.32 Å². The SMILES string of the molecule is CNC(CCN(C)Cc1ccncc1)c1cccc(Cl)c1. The van der Waals surface area contributed by atoms with Crippen LogP contribution in [0.4, 0.5) is 0 Å². The predicted molar refractivity (Wildman–Crippen MR) is 88.4 cm³/mol. The van der Waals surface area contributed by atoms with Gasteiger partial charge in [-0.3, -0.25) is 4.98 Å². The minimum atomic E-state index is 0.323. The molecule has 2 rings (SSSR count). The molecule has 1 aromatic carbocycles. The molecule has 0 saturated heterocycles. The van der Waals surface area contributed by atoms with Gasteiger partial charge in [0.15, 0.2) is 0 Å².